The van der Waals surface area contributed by atoms with Gasteiger partial charge < -0.3 is 4.90 Å². The number of allylic oxidation sites excluding steroid dienone is 2. The van der Waals surface area contributed by atoms with Gasteiger partial charge in [0.05, 0.1) is 5.92 Å². The molecule has 1 aliphatic rings. The first-order chi connectivity index (χ1) is 11.3. The molecular weight excluding hydrogens is 337 g/mol. The van der Waals surface area contributed by atoms with Crippen molar-refractivity contribution >= 4 is 17.2 Å². The van der Waals surface area contributed by atoms with E-state index in [0.29, 0.717) is 17.1 Å². The minimum absolute atomic E-state index is 0.111. The lowest BCUT2D eigenvalue weighted by atomic mass is 9.96. The van der Waals surface area contributed by atoms with Gasteiger partial charge in [0.1, 0.15) is 0 Å². The van der Waals surface area contributed by atoms with Crippen LogP contribution in [0.25, 0.3) is 5.57 Å². The fraction of sp³-hybridized carbons (Fsp3) is 0.500. The maximum Gasteiger partial charge on any atom is 0.391 e. The van der Waals surface area contributed by atoms with Crippen LogP contribution in [-0.2, 0) is 12.8 Å². The van der Waals surface area contributed by atoms with Gasteiger partial charge in [0.25, 0.3) is 0 Å². The monoisotopic (exact) mass is 358 g/mol. The number of likely N-dealkylation sites (N-methyl/N-ethyl adjacent to an activating group) is 1. The van der Waals surface area contributed by atoms with Crippen molar-refractivity contribution < 1.29 is 13.2 Å². The Morgan fingerprint density at radius 3 is 2.62 bits per heavy atom. The Balaban J connectivity index is 2.33. The Hall–Kier alpha value is -1.49. The Labute approximate surface area is 146 Å². The molecule has 1 aliphatic heterocycles. The lowest BCUT2D eigenvalue weighted by molar-refractivity contribution is -0.169. The van der Waals surface area contributed by atoms with Crippen LogP contribution in [0.5, 0.6) is 0 Å². The summed E-state index contributed by atoms with van der Waals surface area (Å²) in [7, 11) is 0. The summed E-state index contributed by atoms with van der Waals surface area (Å²) in [6.45, 7) is 6.84. The lowest BCUT2D eigenvalue weighted by Gasteiger charge is -2.24. The van der Waals surface area contributed by atoms with Gasteiger partial charge in [-0.1, -0.05) is 25.4 Å². The molecule has 2 nitrogen and oxygen atoms in total. The first-order valence-electron chi connectivity index (χ1n) is 8.13. The smallest absolute Gasteiger partial charge is 0.373 e. The summed E-state index contributed by atoms with van der Waals surface area (Å²) >= 11 is 6.34. The quantitative estimate of drug-likeness (QED) is 0.720. The van der Waals surface area contributed by atoms with Crippen molar-refractivity contribution in [1.29, 1.82) is 0 Å². The van der Waals surface area contributed by atoms with E-state index in [1.54, 1.807) is 12.3 Å². The van der Waals surface area contributed by atoms with Crippen molar-refractivity contribution in [2.75, 3.05) is 13.1 Å². The lowest BCUT2D eigenvalue weighted by Crippen LogP contribution is -2.22. The Kier molecular flexibility index (Phi) is 5.97. The van der Waals surface area contributed by atoms with Gasteiger partial charge in [-0.15, -0.1) is 0 Å². The number of aryl methyl sites for hydroxylation is 1. The third-order valence-corrected chi connectivity index (χ3v) is 4.63. The highest BCUT2D eigenvalue weighted by Gasteiger charge is 2.36. The molecule has 1 aromatic rings. The molecule has 1 unspecified atom stereocenters. The maximum absolute atomic E-state index is 12.8. The zero-order valence-electron chi connectivity index (χ0n) is 14.1. The maximum atomic E-state index is 12.8. The topological polar surface area (TPSA) is 16.1 Å². The second-order valence-electron chi connectivity index (χ2n) is 6.02. The van der Waals surface area contributed by atoms with Crippen LogP contribution in [0.4, 0.5) is 13.2 Å². The average molecular weight is 359 g/mol. The average Bonchev–Trinajstić information content (AvgIpc) is 2.54. The summed E-state index contributed by atoms with van der Waals surface area (Å²) in [6.07, 6.45) is 1.99. The second kappa shape index (κ2) is 7.60. The van der Waals surface area contributed by atoms with E-state index in [4.69, 9.17) is 11.6 Å². The van der Waals surface area contributed by atoms with Crippen LogP contribution in [0, 0.1) is 5.92 Å². The number of nitrogens with zero attached hydrogens (tertiary/aromatic N) is 2. The van der Waals surface area contributed by atoms with Crippen molar-refractivity contribution in [2.24, 2.45) is 5.92 Å². The number of halogens is 4. The molecule has 2 heterocycles. The van der Waals surface area contributed by atoms with E-state index in [2.05, 4.69) is 16.8 Å². The fourth-order valence-corrected chi connectivity index (χ4v) is 2.87. The van der Waals surface area contributed by atoms with Crippen molar-refractivity contribution in [2.45, 2.75) is 39.8 Å². The largest absolute Gasteiger partial charge is 0.391 e. The summed E-state index contributed by atoms with van der Waals surface area (Å²) < 4.78 is 38.3. The molecule has 0 radical (unpaired) electrons. The molecule has 0 amide bonds. The Bertz CT molecular complexity index is 650. The number of pyridine rings is 1. The predicted octanol–water partition coefficient (Wildman–Crippen LogP) is 5.18. The van der Waals surface area contributed by atoms with Gasteiger partial charge in [-0.25, -0.2) is 0 Å². The first kappa shape index (κ1) is 18.8. The van der Waals surface area contributed by atoms with Gasteiger partial charge in [0.15, 0.2) is 0 Å². The highest BCUT2D eigenvalue weighted by atomic mass is 35.5. The number of rotatable bonds is 5. The van der Waals surface area contributed by atoms with Gasteiger partial charge in [-0.2, -0.15) is 13.2 Å². The van der Waals surface area contributed by atoms with Gasteiger partial charge >= 0.3 is 6.18 Å². The highest BCUT2D eigenvalue weighted by molar-refractivity contribution is 6.37. The van der Waals surface area contributed by atoms with E-state index in [9.17, 15) is 13.2 Å². The van der Waals surface area contributed by atoms with E-state index < -0.39 is 12.1 Å². The second-order valence-corrected chi connectivity index (χ2v) is 6.42. The molecule has 1 aromatic heterocycles. The van der Waals surface area contributed by atoms with E-state index in [0.717, 1.165) is 29.8 Å². The molecule has 24 heavy (non-hydrogen) atoms. The van der Waals surface area contributed by atoms with Crippen LogP contribution in [0.15, 0.2) is 29.6 Å². The van der Waals surface area contributed by atoms with Gasteiger partial charge in [0.2, 0.25) is 0 Å². The van der Waals surface area contributed by atoms with Gasteiger partial charge in [-0.3, -0.25) is 4.98 Å². The number of aromatic nitrogens is 1. The Morgan fingerprint density at radius 2 is 2.04 bits per heavy atom. The van der Waals surface area contributed by atoms with Crippen molar-refractivity contribution in [3.63, 3.8) is 0 Å². The molecule has 0 saturated heterocycles. The molecule has 0 fully saturated rings. The van der Waals surface area contributed by atoms with Gasteiger partial charge in [-0.05, 0) is 31.1 Å². The summed E-state index contributed by atoms with van der Waals surface area (Å²) in [5, 5.41) is 0.660. The zero-order valence-corrected chi connectivity index (χ0v) is 14.9. The first-order valence-corrected chi connectivity index (χ1v) is 8.50. The molecule has 0 spiro atoms. The van der Waals surface area contributed by atoms with Crippen LogP contribution >= 0.6 is 11.6 Å². The number of alkyl halides is 3. The van der Waals surface area contributed by atoms with Crippen molar-refractivity contribution in [3.05, 3.63) is 46.4 Å². The SMILES string of the molecule is CCc1cc(CC(C)C(F)(F)F)ncc1C1=CN(CC)CC=C1Cl. The predicted molar refractivity (Wildman–Crippen MR) is 91.7 cm³/mol. The molecule has 0 aliphatic carbocycles. The summed E-state index contributed by atoms with van der Waals surface area (Å²) in [6, 6.07) is 1.77. The molecule has 2 rings (SSSR count). The zero-order chi connectivity index (χ0) is 17.9. The summed E-state index contributed by atoms with van der Waals surface area (Å²) in [5.41, 5.74) is 3.19. The summed E-state index contributed by atoms with van der Waals surface area (Å²) in [5.74, 6) is -1.41. The highest BCUT2D eigenvalue weighted by Crippen LogP contribution is 2.33. The minimum Gasteiger partial charge on any atom is -0.373 e. The molecule has 6 heteroatoms. The van der Waals surface area contributed by atoms with Crippen LogP contribution < -0.4 is 0 Å². The molecule has 0 saturated carbocycles. The van der Waals surface area contributed by atoms with E-state index in [1.807, 2.05) is 19.2 Å². The molecule has 0 N–H and O–H groups in total. The molecule has 1 atom stereocenters. The molecule has 0 aromatic carbocycles. The molecule has 132 valence electrons. The van der Waals surface area contributed by atoms with Crippen LogP contribution in [-0.4, -0.2) is 29.1 Å². The van der Waals surface area contributed by atoms with Crippen LogP contribution in [0.2, 0.25) is 0 Å². The summed E-state index contributed by atoms with van der Waals surface area (Å²) in [4.78, 5) is 6.38. The van der Waals surface area contributed by atoms with Crippen LogP contribution in [0.1, 0.15) is 37.6 Å². The third-order valence-electron chi connectivity index (χ3n) is 4.27. The Morgan fingerprint density at radius 1 is 1.33 bits per heavy atom. The molecular formula is C18H22ClF3N2. The number of hydrogen-bond donors (Lipinski definition) is 0. The minimum atomic E-state index is -4.20. The number of hydrogen-bond acceptors (Lipinski definition) is 2. The molecule has 0 bridgehead atoms. The van der Waals surface area contributed by atoms with E-state index in [-0.39, 0.29) is 6.42 Å². The van der Waals surface area contributed by atoms with Crippen molar-refractivity contribution in [1.82, 2.24) is 9.88 Å². The van der Waals surface area contributed by atoms with E-state index in [1.165, 1.54) is 6.92 Å². The fourth-order valence-electron chi connectivity index (χ4n) is 2.65. The standard InChI is InChI=1S/C18H22ClF3N2/c1-4-13-9-14(8-12(3)18(20,21)22)23-10-15(13)16-11-24(5-2)7-6-17(16)19/h6,9-12H,4-5,7-8H2,1-3H3. The van der Waals surface area contributed by atoms with E-state index >= 15 is 0 Å². The van der Waals surface area contributed by atoms with Gasteiger partial charge in [0, 0.05) is 53.8 Å². The third kappa shape index (κ3) is 4.32. The van der Waals surface area contributed by atoms with Crippen molar-refractivity contribution in [3.8, 4) is 0 Å². The van der Waals surface area contributed by atoms with Crippen LogP contribution in [0.3, 0.4) is 0 Å². The normalized spacial score (nSPS) is 16.7.